The lowest BCUT2D eigenvalue weighted by Gasteiger charge is -2.20. The molecule has 2 nitrogen and oxygen atoms in total. The van der Waals surface area contributed by atoms with Crippen molar-refractivity contribution in [1.29, 1.82) is 0 Å². The summed E-state index contributed by atoms with van der Waals surface area (Å²) in [5.41, 5.74) is 0. The van der Waals surface area contributed by atoms with Crippen LogP contribution in [0.15, 0.2) is 10.5 Å². The molecule has 4 heteroatoms. The van der Waals surface area contributed by atoms with Crippen LogP contribution in [0.2, 0.25) is 10.2 Å². The Kier molecular flexibility index (Phi) is 2.82. The summed E-state index contributed by atoms with van der Waals surface area (Å²) in [6.07, 6.45) is 2.19. The van der Waals surface area contributed by atoms with Crippen LogP contribution in [0.4, 0.5) is 0 Å². The predicted molar refractivity (Wildman–Crippen MR) is 53.6 cm³/mol. The number of piperidine rings is 1. The Bertz CT molecular complexity index is 272. The molecule has 72 valence electrons. The van der Waals surface area contributed by atoms with Crippen LogP contribution in [0.5, 0.6) is 0 Å². The van der Waals surface area contributed by atoms with Gasteiger partial charge >= 0.3 is 0 Å². The van der Waals surface area contributed by atoms with Crippen LogP contribution in [0.3, 0.4) is 0 Å². The Morgan fingerprint density at radius 3 is 2.54 bits per heavy atom. The van der Waals surface area contributed by atoms with Gasteiger partial charge in [-0.25, -0.2) is 0 Å². The van der Waals surface area contributed by atoms with Crippen LogP contribution >= 0.6 is 23.2 Å². The Morgan fingerprint density at radius 2 is 2.00 bits per heavy atom. The number of hydrogen-bond acceptors (Lipinski definition) is 2. The molecule has 1 fully saturated rings. The summed E-state index contributed by atoms with van der Waals surface area (Å²) in [4.78, 5) is 0. The lowest BCUT2D eigenvalue weighted by Crippen LogP contribution is -2.26. The molecule has 0 unspecified atom stereocenters. The highest BCUT2D eigenvalue weighted by molar-refractivity contribution is 6.40. The molecule has 0 radical (unpaired) electrons. The third-order valence-corrected chi connectivity index (χ3v) is 3.06. The van der Waals surface area contributed by atoms with E-state index in [1.165, 1.54) is 0 Å². The van der Waals surface area contributed by atoms with Crippen LogP contribution in [-0.4, -0.2) is 13.1 Å². The summed E-state index contributed by atoms with van der Waals surface area (Å²) in [6.45, 7) is 2.08. The van der Waals surface area contributed by atoms with Gasteiger partial charge in [-0.1, -0.05) is 11.6 Å². The minimum Gasteiger partial charge on any atom is -0.448 e. The molecule has 2 heterocycles. The molecule has 0 saturated carbocycles. The van der Waals surface area contributed by atoms with Crippen molar-refractivity contribution >= 4 is 23.2 Å². The van der Waals surface area contributed by atoms with E-state index in [-0.39, 0.29) is 0 Å². The normalized spacial score (nSPS) is 19.2. The quantitative estimate of drug-likeness (QED) is 0.786. The zero-order valence-electron chi connectivity index (χ0n) is 7.15. The van der Waals surface area contributed by atoms with E-state index >= 15 is 0 Å². The second-order valence-electron chi connectivity index (χ2n) is 3.29. The van der Waals surface area contributed by atoms with Gasteiger partial charge in [0.05, 0.1) is 5.02 Å². The van der Waals surface area contributed by atoms with E-state index in [2.05, 4.69) is 5.32 Å². The summed E-state index contributed by atoms with van der Waals surface area (Å²) < 4.78 is 5.36. The molecule has 1 N–H and O–H groups in total. The SMILES string of the molecule is Clc1cc(C2CCNCC2)oc1Cl. The Hall–Kier alpha value is -0.180. The highest BCUT2D eigenvalue weighted by Crippen LogP contribution is 2.33. The van der Waals surface area contributed by atoms with E-state index in [9.17, 15) is 0 Å². The number of hydrogen-bond donors (Lipinski definition) is 1. The van der Waals surface area contributed by atoms with E-state index in [0.717, 1.165) is 31.7 Å². The largest absolute Gasteiger partial charge is 0.448 e. The fraction of sp³-hybridized carbons (Fsp3) is 0.556. The first kappa shape index (κ1) is 9.38. The minimum atomic E-state index is 0.315. The Morgan fingerprint density at radius 1 is 1.31 bits per heavy atom. The number of nitrogens with one attached hydrogen (secondary N) is 1. The highest BCUT2D eigenvalue weighted by atomic mass is 35.5. The van der Waals surface area contributed by atoms with Crippen LogP contribution in [-0.2, 0) is 0 Å². The van der Waals surface area contributed by atoms with Gasteiger partial charge in [-0.2, -0.15) is 0 Å². The first-order chi connectivity index (χ1) is 6.27. The third kappa shape index (κ3) is 2.01. The Labute approximate surface area is 87.2 Å². The smallest absolute Gasteiger partial charge is 0.212 e. The third-order valence-electron chi connectivity index (χ3n) is 2.41. The maximum atomic E-state index is 5.81. The van der Waals surface area contributed by atoms with Crippen LogP contribution in [0.25, 0.3) is 0 Å². The van der Waals surface area contributed by atoms with Gasteiger partial charge in [0.2, 0.25) is 5.22 Å². The van der Waals surface area contributed by atoms with Gasteiger partial charge in [-0.15, -0.1) is 0 Å². The van der Waals surface area contributed by atoms with Gasteiger partial charge in [0.15, 0.2) is 0 Å². The zero-order valence-corrected chi connectivity index (χ0v) is 8.66. The second-order valence-corrected chi connectivity index (χ2v) is 4.05. The number of halogens is 2. The fourth-order valence-electron chi connectivity index (χ4n) is 1.67. The fourth-order valence-corrected chi connectivity index (χ4v) is 1.96. The molecule has 1 aliphatic heterocycles. The maximum Gasteiger partial charge on any atom is 0.212 e. The zero-order chi connectivity index (χ0) is 9.26. The standard InChI is InChI=1S/C9H11Cl2NO/c10-7-5-8(13-9(7)11)6-1-3-12-4-2-6/h5-6,12H,1-4H2. The van der Waals surface area contributed by atoms with E-state index in [1.807, 2.05) is 6.07 Å². The molecule has 0 bridgehead atoms. The first-order valence-corrected chi connectivity index (χ1v) is 5.18. The summed E-state index contributed by atoms with van der Waals surface area (Å²) >= 11 is 11.5. The molecule has 1 aromatic rings. The van der Waals surface area contributed by atoms with Crippen molar-refractivity contribution in [3.05, 3.63) is 22.1 Å². The van der Waals surface area contributed by atoms with Crippen molar-refractivity contribution in [1.82, 2.24) is 5.32 Å². The van der Waals surface area contributed by atoms with Crippen LogP contribution in [0, 0.1) is 0 Å². The molecule has 1 saturated heterocycles. The second kappa shape index (κ2) is 3.91. The minimum absolute atomic E-state index is 0.315. The molecule has 1 aliphatic rings. The molecular weight excluding hydrogens is 209 g/mol. The molecular formula is C9H11Cl2NO. The maximum absolute atomic E-state index is 5.81. The average Bonchev–Trinajstić information content (AvgIpc) is 2.49. The van der Waals surface area contributed by atoms with Gasteiger partial charge in [-0.3, -0.25) is 0 Å². The first-order valence-electron chi connectivity index (χ1n) is 4.43. The van der Waals surface area contributed by atoms with Gasteiger partial charge in [0, 0.05) is 12.0 Å². The van der Waals surface area contributed by atoms with E-state index in [0.29, 0.717) is 16.2 Å². The topological polar surface area (TPSA) is 25.2 Å². The molecule has 1 aromatic heterocycles. The predicted octanol–water partition coefficient (Wildman–Crippen LogP) is 3.05. The molecule has 0 aromatic carbocycles. The van der Waals surface area contributed by atoms with Crippen LogP contribution in [0.1, 0.15) is 24.5 Å². The van der Waals surface area contributed by atoms with E-state index in [4.69, 9.17) is 27.6 Å². The summed E-state index contributed by atoms with van der Waals surface area (Å²) in [5, 5.41) is 4.14. The lowest BCUT2D eigenvalue weighted by molar-refractivity contribution is 0.386. The summed E-state index contributed by atoms with van der Waals surface area (Å²) in [5.74, 6) is 1.41. The van der Waals surface area contributed by atoms with Crippen molar-refractivity contribution in [2.75, 3.05) is 13.1 Å². The van der Waals surface area contributed by atoms with E-state index < -0.39 is 0 Å². The van der Waals surface area contributed by atoms with Gasteiger partial charge in [0.25, 0.3) is 0 Å². The molecule has 0 aliphatic carbocycles. The van der Waals surface area contributed by atoms with E-state index in [1.54, 1.807) is 0 Å². The molecule has 0 spiro atoms. The number of furan rings is 1. The Balaban J connectivity index is 2.14. The van der Waals surface area contributed by atoms with Gasteiger partial charge in [-0.05, 0) is 37.5 Å². The monoisotopic (exact) mass is 219 g/mol. The van der Waals surface area contributed by atoms with Gasteiger partial charge in [0.1, 0.15) is 5.76 Å². The van der Waals surface area contributed by atoms with Crippen molar-refractivity contribution < 1.29 is 4.42 Å². The van der Waals surface area contributed by atoms with Crippen LogP contribution < -0.4 is 5.32 Å². The van der Waals surface area contributed by atoms with Gasteiger partial charge < -0.3 is 9.73 Å². The van der Waals surface area contributed by atoms with Crippen molar-refractivity contribution in [3.63, 3.8) is 0 Å². The van der Waals surface area contributed by atoms with Crippen molar-refractivity contribution in [2.24, 2.45) is 0 Å². The molecule has 13 heavy (non-hydrogen) atoms. The van der Waals surface area contributed by atoms with Crippen molar-refractivity contribution in [3.8, 4) is 0 Å². The van der Waals surface area contributed by atoms with Crippen molar-refractivity contribution in [2.45, 2.75) is 18.8 Å². The molecule has 0 atom stereocenters. The summed E-state index contributed by atoms with van der Waals surface area (Å²) in [6, 6.07) is 1.83. The highest BCUT2D eigenvalue weighted by Gasteiger charge is 2.19. The molecule has 0 amide bonds. The average molecular weight is 220 g/mol. The molecule has 2 rings (SSSR count). The summed E-state index contributed by atoms with van der Waals surface area (Å²) in [7, 11) is 0. The number of rotatable bonds is 1. The lowest BCUT2D eigenvalue weighted by atomic mass is 9.96.